The highest BCUT2D eigenvalue weighted by Crippen LogP contribution is 2.14. The van der Waals surface area contributed by atoms with Crippen molar-refractivity contribution in [3.05, 3.63) is 59.0 Å². The number of carbonyl (C=O) groups is 1. The molecular weight excluding hydrogens is 377 g/mol. The fourth-order valence-electron chi connectivity index (χ4n) is 2.77. The first-order valence-electron chi connectivity index (χ1n) is 8.19. The van der Waals surface area contributed by atoms with E-state index in [0.717, 1.165) is 38.4 Å². The predicted octanol–water partition coefficient (Wildman–Crippen LogP) is 2.34. The number of nitrogens with two attached hydrogens (primary N) is 1. The van der Waals surface area contributed by atoms with Gasteiger partial charge in [-0.1, -0.05) is 24.3 Å². The van der Waals surface area contributed by atoms with E-state index in [1.807, 2.05) is 12.1 Å². The van der Waals surface area contributed by atoms with Crippen molar-refractivity contribution >= 4 is 30.7 Å². The first-order chi connectivity index (χ1) is 11.8. The Balaban J connectivity index is 0.00000169. The van der Waals surface area contributed by atoms with Crippen molar-refractivity contribution in [1.82, 2.24) is 10.2 Å². The van der Waals surface area contributed by atoms with Gasteiger partial charge in [-0.2, -0.15) is 0 Å². The molecule has 3 rings (SSSR count). The molecule has 1 aliphatic rings. The van der Waals surface area contributed by atoms with Crippen molar-refractivity contribution in [2.45, 2.75) is 19.6 Å². The van der Waals surface area contributed by atoms with Crippen LogP contribution in [0.4, 0.5) is 0 Å². The summed E-state index contributed by atoms with van der Waals surface area (Å²) < 4.78 is 10.6. The number of nitrogens with one attached hydrogen (secondary N) is 1. The highest BCUT2D eigenvalue weighted by molar-refractivity contribution is 5.93. The molecule has 6 nitrogen and oxygen atoms in total. The highest BCUT2D eigenvalue weighted by Gasteiger charge is 2.14. The minimum atomic E-state index is -0.153. The van der Waals surface area contributed by atoms with Gasteiger partial charge in [0, 0.05) is 26.2 Å². The summed E-state index contributed by atoms with van der Waals surface area (Å²) in [5, 5.41) is 2.95. The van der Waals surface area contributed by atoms with Gasteiger partial charge in [0.25, 0.3) is 5.91 Å². The maximum atomic E-state index is 12.2. The third-order valence-electron chi connectivity index (χ3n) is 4.17. The van der Waals surface area contributed by atoms with Crippen molar-refractivity contribution in [2.75, 3.05) is 26.3 Å². The molecule has 26 heavy (non-hydrogen) atoms. The zero-order valence-corrected chi connectivity index (χ0v) is 16.1. The smallest absolute Gasteiger partial charge is 0.254 e. The van der Waals surface area contributed by atoms with Crippen molar-refractivity contribution in [3.63, 3.8) is 0 Å². The van der Waals surface area contributed by atoms with Crippen LogP contribution in [0.25, 0.3) is 0 Å². The summed E-state index contributed by atoms with van der Waals surface area (Å²) in [5.41, 5.74) is 8.36. The maximum Gasteiger partial charge on any atom is 0.254 e. The minimum Gasteiger partial charge on any atom is -0.467 e. The number of rotatable bonds is 6. The molecule has 2 heterocycles. The van der Waals surface area contributed by atoms with Crippen LogP contribution >= 0.6 is 24.8 Å². The third-order valence-corrected chi connectivity index (χ3v) is 4.17. The second-order valence-electron chi connectivity index (χ2n) is 5.85. The number of halogens is 2. The van der Waals surface area contributed by atoms with E-state index in [9.17, 15) is 4.79 Å². The standard InChI is InChI=1S/C18H23N3O3.2ClH/c19-10-17-9-16(13-24-17)18(22)20-11-14-3-1-2-4-15(14)12-21-5-7-23-8-6-21;;/h1-4,9,13H,5-8,10-12,19H2,(H,20,22);2*1H. The van der Waals surface area contributed by atoms with Crippen molar-refractivity contribution in [1.29, 1.82) is 0 Å². The lowest BCUT2D eigenvalue weighted by atomic mass is 10.1. The lowest BCUT2D eigenvalue weighted by Gasteiger charge is -2.27. The van der Waals surface area contributed by atoms with Gasteiger partial charge < -0.3 is 20.2 Å². The van der Waals surface area contributed by atoms with Crippen LogP contribution in [0.2, 0.25) is 0 Å². The molecule has 1 amide bonds. The molecule has 144 valence electrons. The molecule has 0 bridgehead atoms. The summed E-state index contributed by atoms with van der Waals surface area (Å²) in [6, 6.07) is 9.87. The van der Waals surface area contributed by atoms with E-state index in [4.69, 9.17) is 14.9 Å². The number of hydrogen-bond donors (Lipinski definition) is 2. The lowest BCUT2D eigenvalue weighted by molar-refractivity contribution is 0.0340. The quantitative estimate of drug-likeness (QED) is 0.776. The molecule has 1 aromatic heterocycles. The molecule has 1 aliphatic heterocycles. The molecule has 0 spiro atoms. The number of carbonyl (C=O) groups excluding carboxylic acids is 1. The van der Waals surface area contributed by atoms with E-state index in [0.29, 0.717) is 17.9 Å². The predicted molar refractivity (Wildman–Crippen MR) is 105 cm³/mol. The van der Waals surface area contributed by atoms with Crippen molar-refractivity contribution < 1.29 is 13.9 Å². The fraction of sp³-hybridized carbons (Fsp3) is 0.389. The summed E-state index contributed by atoms with van der Waals surface area (Å²) in [5.74, 6) is 0.451. The Labute approximate surface area is 165 Å². The van der Waals surface area contributed by atoms with Crippen molar-refractivity contribution in [2.24, 2.45) is 5.73 Å². The summed E-state index contributed by atoms with van der Waals surface area (Å²) in [4.78, 5) is 14.6. The Hall–Kier alpha value is -1.57. The highest BCUT2D eigenvalue weighted by atomic mass is 35.5. The average Bonchev–Trinajstić information content (AvgIpc) is 3.11. The van der Waals surface area contributed by atoms with Crippen LogP contribution in [0.1, 0.15) is 27.2 Å². The van der Waals surface area contributed by atoms with E-state index in [-0.39, 0.29) is 37.3 Å². The molecule has 0 atom stereocenters. The SMILES string of the molecule is Cl.Cl.NCc1cc(C(=O)NCc2ccccc2CN2CCOCC2)co1. The molecule has 0 radical (unpaired) electrons. The van der Waals surface area contributed by atoms with Gasteiger partial charge in [0.2, 0.25) is 0 Å². The molecule has 1 aromatic carbocycles. The van der Waals surface area contributed by atoms with Crippen LogP contribution in [0, 0.1) is 0 Å². The molecule has 0 unspecified atom stereocenters. The zero-order valence-electron chi connectivity index (χ0n) is 14.5. The largest absolute Gasteiger partial charge is 0.467 e. The van der Waals surface area contributed by atoms with E-state index in [1.165, 1.54) is 11.8 Å². The molecular formula is C18H25Cl2N3O3. The Kier molecular flexibility index (Phi) is 9.69. The van der Waals surface area contributed by atoms with Gasteiger partial charge in [-0.05, 0) is 17.2 Å². The number of nitrogens with zero attached hydrogens (tertiary/aromatic N) is 1. The van der Waals surface area contributed by atoms with Gasteiger partial charge in [0.15, 0.2) is 0 Å². The first-order valence-corrected chi connectivity index (χ1v) is 8.19. The van der Waals surface area contributed by atoms with E-state index >= 15 is 0 Å². The number of furan rings is 1. The van der Waals surface area contributed by atoms with E-state index < -0.39 is 0 Å². The number of hydrogen-bond acceptors (Lipinski definition) is 5. The lowest BCUT2D eigenvalue weighted by Crippen LogP contribution is -2.36. The van der Waals surface area contributed by atoms with E-state index in [1.54, 1.807) is 6.07 Å². The van der Waals surface area contributed by atoms with Crippen LogP contribution in [0.5, 0.6) is 0 Å². The summed E-state index contributed by atoms with van der Waals surface area (Å²) in [6.45, 7) is 5.09. The molecule has 0 aliphatic carbocycles. The third kappa shape index (κ3) is 6.00. The van der Waals surface area contributed by atoms with Gasteiger partial charge in [-0.3, -0.25) is 9.69 Å². The van der Waals surface area contributed by atoms with Crippen molar-refractivity contribution in [3.8, 4) is 0 Å². The molecule has 1 saturated heterocycles. The molecule has 0 saturated carbocycles. The monoisotopic (exact) mass is 401 g/mol. The number of morpholine rings is 1. The summed E-state index contributed by atoms with van der Waals surface area (Å²) in [6.07, 6.45) is 1.44. The van der Waals surface area contributed by atoms with Gasteiger partial charge in [-0.15, -0.1) is 24.8 Å². The fourth-order valence-corrected chi connectivity index (χ4v) is 2.77. The summed E-state index contributed by atoms with van der Waals surface area (Å²) in [7, 11) is 0. The van der Waals surface area contributed by atoms with Crippen LogP contribution in [-0.4, -0.2) is 37.1 Å². The van der Waals surface area contributed by atoms with Gasteiger partial charge in [-0.25, -0.2) is 0 Å². The van der Waals surface area contributed by atoms with Crippen LogP contribution < -0.4 is 11.1 Å². The Morgan fingerprint density at radius 2 is 1.85 bits per heavy atom. The topological polar surface area (TPSA) is 80.7 Å². The second kappa shape index (κ2) is 11.2. The number of amides is 1. The normalized spacial score (nSPS) is 14.2. The first kappa shape index (κ1) is 22.5. The average molecular weight is 402 g/mol. The molecule has 3 N–H and O–H groups in total. The molecule has 2 aromatic rings. The Morgan fingerprint density at radius 3 is 2.50 bits per heavy atom. The Morgan fingerprint density at radius 1 is 1.15 bits per heavy atom. The zero-order chi connectivity index (χ0) is 16.8. The van der Waals surface area contributed by atoms with Crippen LogP contribution in [0.15, 0.2) is 41.0 Å². The van der Waals surface area contributed by atoms with Crippen LogP contribution in [-0.2, 0) is 24.4 Å². The Bertz CT molecular complexity index is 688. The van der Waals surface area contributed by atoms with Gasteiger partial charge >= 0.3 is 0 Å². The number of ether oxygens (including phenoxy) is 1. The van der Waals surface area contributed by atoms with Gasteiger partial charge in [0.05, 0.1) is 25.3 Å². The summed E-state index contributed by atoms with van der Waals surface area (Å²) >= 11 is 0. The molecule has 8 heteroatoms. The number of benzene rings is 1. The van der Waals surface area contributed by atoms with E-state index in [2.05, 4.69) is 22.3 Å². The van der Waals surface area contributed by atoms with Crippen LogP contribution in [0.3, 0.4) is 0 Å². The second-order valence-corrected chi connectivity index (χ2v) is 5.85. The van der Waals surface area contributed by atoms with Gasteiger partial charge in [0.1, 0.15) is 12.0 Å². The minimum absolute atomic E-state index is 0. The maximum absolute atomic E-state index is 12.2. The molecule has 1 fully saturated rings.